The van der Waals surface area contributed by atoms with Crippen LogP contribution in [0.1, 0.15) is 17.4 Å². The summed E-state index contributed by atoms with van der Waals surface area (Å²) in [5, 5.41) is 1.00. The minimum absolute atomic E-state index is 0.0426. The number of fused-ring (bicyclic) bond motifs is 1. The van der Waals surface area contributed by atoms with Crippen LogP contribution in [0.3, 0.4) is 0 Å². The highest BCUT2D eigenvalue weighted by molar-refractivity contribution is 5.98. The predicted octanol–water partition coefficient (Wildman–Crippen LogP) is 2.08. The number of carbonyl (C=O) groups excluding carboxylic acids is 1. The van der Waals surface area contributed by atoms with Crippen molar-refractivity contribution in [2.24, 2.45) is 0 Å². The molecule has 1 fully saturated rings. The third-order valence-electron chi connectivity index (χ3n) is 3.75. The molecule has 5 heteroatoms. The van der Waals surface area contributed by atoms with Crippen LogP contribution in [0.15, 0.2) is 24.3 Å². The van der Waals surface area contributed by atoms with Gasteiger partial charge < -0.3 is 14.5 Å². The number of Topliss-reactive ketones (excluding diaryl/α,β-unsaturated/α-hetero) is 1. The predicted molar refractivity (Wildman–Crippen MR) is 81.1 cm³/mol. The van der Waals surface area contributed by atoms with Gasteiger partial charge in [-0.1, -0.05) is 0 Å². The Bertz CT molecular complexity index is 629. The zero-order chi connectivity index (χ0) is 14.7. The van der Waals surface area contributed by atoms with Gasteiger partial charge in [0.25, 0.3) is 0 Å². The number of H-pyrrole nitrogens is 1. The molecule has 1 N–H and O–H groups in total. The lowest BCUT2D eigenvalue weighted by atomic mass is 10.2. The number of hydrogen-bond acceptors (Lipinski definition) is 4. The Morgan fingerprint density at radius 3 is 2.90 bits per heavy atom. The van der Waals surface area contributed by atoms with E-state index in [-0.39, 0.29) is 5.78 Å². The molecule has 3 rings (SSSR count). The maximum absolute atomic E-state index is 11.4. The molecule has 1 aliphatic heterocycles. The first kappa shape index (κ1) is 14.1. The number of benzene rings is 1. The van der Waals surface area contributed by atoms with Crippen molar-refractivity contribution in [1.29, 1.82) is 0 Å². The molecule has 1 aromatic carbocycles. The molecule has 1 saturated heterocycles. The first-order chi connectivity index (χ1) is 10.2. The normalized spacial score (nSPS) is 16.2. The molecule has 0 spiro atoms. The Labute approximate surface area is 123 Å². The number of rotatable bonds is 5. The minimum Gasteiger partial charge on any atom is -0.492 e. The summed E-state index contributed by atoms with van der Waals surface area (Å²) in [7, 11) is 0. The lowest BCUT2D eigenvalue weighted by molar-refractivity contribution is 0.0322. The van der Waals surface area contributed by atoms with Gasteiger partial charge in [-0.15, -0.1) is 0 Å². The van der Waals surface area contributed by atoms with Gasteiger partial charge in [0, 0.05) is 37.5 Å². The van der Waals surface area contributed by atoms with Gasteiger partial charge in [0.05, 0.1) is 18.9 Å². The van der Waals surface area contributed by atoms with E-state index in [1.54, 1.807) is 6.92 Å². The Kier molecular flexibility index (Phi) is 4.22. The molecule has 1 aliphatic rings. The van der Waals surface area contributed by atoms with Gasteiger partial charge in [-0.3, -0.25) is 9.69 Å². The summed E-state index contributed by atoms with van der Waals surface area (Å²) in [4.78, 5) is 16.8. The molecule has 112 valence electrons. The molecule has 0 amide bonds. The summed E-state index contributed by atoms with van der Waals surface area (Å²) < 4.78 is 11.1. The molecule has 0 saturated carbocycles. The van der Waals surface area contributed by atoms with Crippen molar-refractivity contribution in [3.8, 4) is 5.75 Å². The molecule has 0 aliphatic carbocycles. The number of carbonyl (C=O) groups is 1. The fourth-order valence-electron chi connectivity index (χ4n) is 2.51. The fraction of sp³-hybridized carbons (Fsp3) is 0.438. The topological polar surface area (TPSA) is 54.6 Å². The van der Waals surface area contributed by atoms with Crippen LogP contribution in [0.2, 0.25) is 0 Å². The van der Waals surface area contributed by atoms with Gasteiger partial charge >= 0.3 is 0 Å². The SMILES string of the molecule is CC(=O)c1cc2cc(OCCN3CCOCC3)ccc2[nH]1. The largest absolute Gasteiger partial charge is 0.492 e. The van der Waals surface area contributed by atoms with Crippen LogP contribution in [-0.4, -0.2) is 55.1 Å². The highest BCUT2D eigenvalue weighted by Crippen LogP contribution is 2.22. The van der Waals surface area contributed by atoms with Crippen molar-refractivity contribution in [3.05, 3.63) is 30.0 Å². The molecule has 2 heterocycles. The summed E-state index contributed by atoms with van der Waals surface area (Å²) in [6.45, 7) is 6.70. The Balaban J connectivity index is 1.60. The number of hydrogen-bond donors (Lipinski definition) is 1. The Morgan fingerprint density at radius 2 is 2.14 bits per heavy atom. The van der Waals surface area contributed by atoms with Crippen LogP contribution < -0.4 is 4.74 Å². The molecule has 0 radical (unpaired) electrons. The molecule has 2 aromatic rings. The molecule has 0 bridgehead atoms. The number of aromatic amines is 1. The number of ketones is 1. The number of morpholine rings is 1. The fourth-order valence-corrected chi connectivity index (χ4v) is 2.51. The van der Waals surface area contributed by atoms with E-state index in [2.05, 4.69) is 9.88 Å². The maximum atomic E-state index is 11.4. The standard InChI is InChI=1S/C16H20N2O3/c1-12(19)16-11-13-10-14(2-3-15(13)17-16)21-9-6-18-4-7-20-8-5-18/h2-3,10-11,17H,4-9H2,1H3. The molecular formula is C16H20N2O3. The smallest absolute Gasteiger partial charge is 0.175 e. The first-order valence-corrected chi connectivity index (χ1v) is 7.29. The van der Waals surface area contributed by atoms with Gasteiger partial charge in [0.1, 0.15) is 12.4 Å². The van der Waals surface area contributed by atoms with Gasteiger partial charge in [0.15, 0.2) is 5.78 Å². The van der Waals surface area contributed by atoms with E-state index < -0.39 is 0 Å². The maximum Gasteiger partial charge on any atom is 0.175 e. The summed E-state index contributed by atoms with van der Waals surface area (Å²) in [5.41, 5.74) is 1.59. The Hall–Kier alpha value is -1.85. The third-order valence-corrected chi connectivity index (χ3v) is 3.75. The van der Waals surface area contributed by atoms with Crippen molar-refractivity contribution < 1.29 is 14.3 Å². The van der Waals surface area contributed by atoms with E-state index in [4.69, 9.17) is 9.47 Å². The van der Waals surface area contributed by atoms with Gasteiger partial charge in [-0.05, 0) is 24.3 Å². The lowest BCUT2D eigenvalue weighted by Crippen LogP contribution is -2.38. The zero-order valence-electron chi connectivity index (χ0n) is 12.2. The highest BCUT2D eigenvalue weighted by Gasteiger charge is 2.10. The summed E-state index contributed by atoms with van der Waals surface area (Å²) >= 11 is 0. The molecule has 0 unspecified atom stereocenters. The summed E-state index contributed by atoms with van der Waals surface area (Å²) in [5.74, 6) is 0.880. The van der Waals surface area contributed by atoms with E-state index in [1.807, 2.05) is 24.3 Å². The van der Waals surface area contributed by atoms with Crippen LogP contribution in [0.25, 0.3) is 10.9 Å². The monoisotopic (exact) mass is 288 g/mol. The van der Waals surface area contributed by atoms with E-state index >= 15 is 0 Å². The van der Waals surface area contributed by atoms with Crippen molar-refractivity contribution in [3.63, 3.8) is 0 Å². The number of nitrogens with one attached hydrogen (secondary N) is 1. The van der Waals surface area contributed by atoms with E-state index in [0.29, 0.717) is 12.3 Å². The second-order valence-corrected chi connectivity index (χ2v) is 5.29. The Morgan fingerprint density at radius 1 is 1.33 bits per heavy atom. The summed E-state index contributed by atoms with van der Waals surface area (Å²) in [6, 6.07) is 7.72. The van der Waals surface area contributed by atoms with Crippen LogP contribution in [0.5, 0.6) is 5.75 Å². The van der Waals surface area contributed by atoms with E-state index in [0.717, 1.165) is 49.5 Å². The van der Waals surface area contributed by atoms with Crippen molar-refractivity contribution in [2.75, 3.05) is 39.5 Å². The molecule has 1 aromatic heterocycles. The second-order valence-electron chi connectivity index (χ2n) is 5.29. The second kappa shape index (κ2) is 6.28. The third kappa shape index (κ3) is 3.43. The average molecular weight is 288 g/mol. The molecule has 5 nitrogen and oxygen atoms in total. The van der Waals surface area contributed by atoms with Gasteiger partial charge in [-0.2, -0.15) is 0 Å². The molecule has 21 heavy (non-hydrogen) atoms. The molecule has 0 atom stereocenters. The van der Waals surface area contributed by atoms with E-state index in [9.17, 15) is 4.79 Å². The van der Waals surface area contributed by atoms with Crippen molar-refractivity contribution in [1.82, 2.24) is 9.88 Å². The van der Waals surface area contributed by atoms with Crippen molar-refractivity contribution in [2.45, 2.75) is 6.92 Å². The summed E-state index contributed by atoms with van der Waals surface area (Å²) in [6.07, 6.45) is 0. The number of aromatic nitrogens is 1. The van der Waals surface area contributed by atoms with Crippen LogP contribution in [0.4, 0.5) is 0 Å². The first-order valence-electron chi connectivity index (χ1n) is 7.29. The van der Waals surface area contributed by atoms with Crippen LogP contribution >= 0.6 is 0 Å². The number of ether oxygens (including phenoxy) is 2. The van der Waals surface area contributed by atoms with Gasteiger partial charge in [0.2, 0.25) is 0 Å². The quantitative estimate of drug-likeness (QED) is 0.856. The van der Waals surface area contributed by atoms with Crippen molar-refractivity contribution >= 4 is 16.7 Å². The zero-order valence-corrected chi connectivity index (χ0v) is 12.2. The molecular weight excluding hydrogens is 268 g/mol. The average Bonchev–Trinajstić information content (AvgIpc) is 2.92. The highest BCUT2D eigenvalue weighted by atomic mass is 16.5. The van der Waals surface area contributed by atoms with E-state index in [1.165, 1.54) is 0 Å². The van der Waals surface area contributed by atoms with Gasteiger partial charge in [-0.25, -0.2) is 0 Å². The number of nitrogens with zero attached hydrogens (tertiary/aromatic N) is 1. The van der Waals surface area contributed by atoms with Crippen LogP contribution in [-0.2, 0) is 4.74 Å². The van der Waals surface area contributed by atoms with Crippen LogP contribution in [0, 0.1) is 0 Å². The minimum atomic E-state index is 0.0426. The lowest BCUT2D eigenvalue weighted by Gasteiger charge is -2.26.